The topological polar surface area (TPSA) is 43.7 Å². The molecule has 1 aliphatic rings. The molecule has 1 aromatic rings. The van der Waals surface area contributed by atoms with Gasteiger partial charge in [0.25, 0.3) is 0 Å². The van der Waals surface area contributed by atoms with Crippen molar-refractivity contribution in [2.45, 2.75) is 44.8 Å². The second-order valence-electron chi connectivity index (χ2n) is 5.47. The lowest BCUT2D eigenvalue weighted by molar-refractivity contribution is 0.0350. The first-order valence-corrected chi connectivity index (χ1v) is 6.78. The molecule has 0 radical (unpaired) electrons. The second kappa shape index (κ2) is 5.29. The number of hydrogen-bond acceptors (Lipinski definition) is 3. The molecule has 0 bridgehead atoms. The van der Waals surface area contributed by atoms with Crippen LogP contribution in [0.25, 0.3) is 0 Å². The number of aliphatic hydroxyl groups is 2. The minimum absolute atomic E-state index is 0.399. The van der Waals surface area contributed by atoms with Crippen molar-refractivity contribution < 1.29 is 10.2 Å². The normalized spacial score (nSPS) is 20.8. The summed E-state index contributed by atoms with van der Waals surface area (Å²) in [5, 5.41) is 20.1. The Balaban J connectivity index is 2.19. The van der Waals surface area contributed by atoms with E-state index in [9.17, 15) is 10.2 Å². The summed E-state index contributed by atoms with van der Waals surface area (Å²) in [6.07, 6.45) is 1.89. The van der Waals surface area contributed by atoms with Crippen LogP contribution in [0.4, 0.5) is 5.69 Å². The van der Waals surface area contributed by atoms with Crippen LogP contribution in [0.3, 0.4) is 0 Å². The van der Waals surface area contributed by atoms with Crippen molar-refractivity contribution in [3.8, 4) is 0 Å². The van der Waals surface area contributed by atoms with Gasteiger partial charge < -0.3 is 15.1 Å². The molecule has 3 nitrogen and oxygen atoms in total. The summed E-state index contributed by atoms with van der Waals surface area (Å²) in [6, 6.07) is 8.04. The van der Waals surface area contributed by atoms with Crippen LogP contribution in [0.1, 0.15) is 44.8 Å². The predicted molar refractivity (Wildman–Crippen MR) is 73.8 cm³/mol. The van der Waals surface area contributed by atoms with Crippen LogP contribution in [0.2, 0.25) is 0 Å². The summed E-state index contributed by atoms with van der Waals surface area (Å²) in [4.78, 5) is 2.27. The molecule has 1 aromatic carbocycles. The average Bonchev–Trinajstić information content (AvgIpc) is 2.38. The zero-order chi connectivity index (χ0) is 13.2. The average molecular weight is 249 g/mol. The van der Waals surface area contributed by atoms with Gasteiger partial charge in [-0.1, -0.05) is 25.1 Å². The fraction of sp³-hybridized carbons (Fsp3) is 0.600. The highest BCUT2D eigenvalue weighted by Crippen LogP contribution is 2.32. The summed E-state index contributed by atoms with van der Waals surface area (Å²) >= 11 is 0. The first-order chi connectivity index (χ1) is 8.53. The van der Waals surface area contributed by atoms with Crippen molar-refractivity contribution >= 4 is 5.69 Å². The zero-order valence-corrected chi connectivity index (χ0v) is 11.3. The van der Waals surface area contributed by atoms with Crippen molar-refractivity contribution in [3.05, 3.63) is 29.8 Å². The third kappa shape index (κ3) is 2.85. The molecule has 0 aromatic heterocycles. The van der Waals surface area contributed by atoms with Gasteiger partial charge in [-0.2, -0.15) is 0 Å². The zero-order valence-electron chi connectivity index (χ0n) is 11.3. The maximum Gasteiger partial charge on any atom is 0.0807 e. The van der Waals surface area contributed by atoms with E-state index in [1.165, 1.54) is 0 Å². The molecule has 0 unspecified atom stereocenters. The Labute approximate surface area is 109 Å². The summed E-state index contributed by atoms with van der Waals surface area (Å²) in [7, 11) is 0. The van der Waals surface area contributed by atoms with E-state index in [0.29, 0.717) is 0 Å². The number of nitrogens with zero attached hydrogens (tertiary/aromatic N) is 1. The maximum atomic E-state index is 10.1. The van der Waals surface area contributed by atoms with E-state index in [0.717, 1.165) is 43.6 Å². The lowest BCUT2D eigenvalue weighted by Crippen LogP contribution is -2.42. The van der Waals surface area contributed by atoms with E-state index in [1.807, 2.05) is 32.0 Å². The molecular weight excluding hydrogens is 226 g/mol. The molecule has 1 heterocycles. The number of anilines is 1. The molecule has 0 saturated carbocycles. The highest BCUT2D eigenvalue weighted by atomic mass is 16.3. The Hall–Kier alpha value is -1.06. The quantitative estimate of drug-likeness (QED) is 0.865. The lowest BCUT2D eigenvalue weighted by atomic mass is 9.92. The van der Waals surface area contributed by atoms with E-state index in [2.05, 4.69) is 11.0 Å². The first-order valence-electron chi connectivity index (χ1n) is 6.78. The fourth-order valence-corrected chi connectivity index (χ4v) is 2.51. The highest BCUT2D eigenvalue weighted by molar-refractivity contribution is 5.55. The van der Waals surface area contributed by atoms with E-state index in [-0.39, 0.29) is 0 Å². The van der Waals surface area contributed by atoms with Gasteiger partial charge in [-0.15, -0.1) is 0 Å². The van der Waals surface area contributed by atoms with Crippen LogP contribution in [-0.4, -0.2) is 28.9 Å². The molecule has 1 fully saturated rings. The number of rotatable bonds is 3. The SMILES string of the molecule is CC[C@H](O)c1ccccc1N1CCC(C)(O)CC1. The minimum Gasteiger partial charge on any atom is -0.390 e. The van der Waals surface area contributed by atoms with Crippen molar-refractivity contribution in [1.29, 1.82) is 0 Å². The molecule has 1 saturated heterocycles. The largest absolute Gasteiger partial charge is 0.390 e. The molecule has 3 heteroatoms. The molecule has 2 rings (SSSR count). The van der Waals surface area contributed by atoms with Gasteiger partial charge in [0, 0.05) is 24.3 Å². The standard InChI is InChI=1S/C15H23NO2/c1-3-14(17)12-6-4-5-7-13(12)16-10-8-15(2,18)9-11-16/h4-7,14,17-18H,3,8-11H2,1-2H3/t14-/m0/s1. The molecule has 18 heavy (non-hydrogen) atoms. The third-order valence-electron chi connectivity index (χ3n) is 3.86. The third-order valence-corrected chi connectivity index (χ3v) is 3.86. The number of para-hydroxylation sites is 1. The molecule has 1 aliphatic heterocycles. The Morgan fingerprint density at radius 2 is 1.89 bits per heavy atom. The Morgan fingerprint density at radius 1 is 1.28 bits per heavy atom. The smallest absolute Gasteiger partial charge is 0.0807 e. The van der Waals surface area contributed by atoms with Gasteiger partial charge in [-0.25, -0.2) is 0 Å². The predicted octanol–water partition coefficient (Wildman–Crippen LogP) is 2.48. The number of benzene rings is 1. The van der Waals surface area contributed by atoms with Gasteiger partial charge in [-0.05, 0) is 32.3 Å². The van der Waals surface area contributed by atoms with Crippen molar-refractivity contribution in [2.75, 3.05) is 18.0 Å². The van der Waals surface area contributed by atoms with Gasteiger partial charge >= 0.3 is 0 Å². The van der Waals surface area contributed by atoms with E-state index in [4.69, 9.17) is 0 Å². The van der Waals surface area contributed by atoms with Crippen LogP contribution in [0, 0.1) is 0 Å². The summed E-state index contributed by atoms with van der Waals surface area (Å²) in [6.45, 7) is 5.58. The van der Waals surface area contributed by atoms with Gasteiger partial charge in [0.15, 0.2) is 0 Å². The Morgan fingerprint density at radius 3 is 2.50 bits per heavy atom. The van der Waals surface area contributed by atoms with E-state index >= 15 is 0 Å². The van der Waals surface area contributed by atoms with Crippen molar-refractivity contribution in [1.82, 2.24) is 0 Å². The lowest BCUT2D eigenvalue weighted by Gasteiger charge is -2.38. The molecule has 0 aliphatic carbocycles. The minimum atomic E-state index is -0.533. The summed E-state index contributed by atoms with van der Waals surface area (Å²) in [5.74, 6) is 0. The van der Waals surface area contributed by atoms with Crippen LogP contribution in [0.15, 0.2) is 24.3 Å². The second-order valence-corrected chi connectivity index (χ2v) is 5.47. The fourth-order valence-electron chi connectivity index (χ4n) is 2.51. The van der Waals surface area contributed by atoms with Gasteiger partial charge in [-0.3, -0.25) is 0 Å². The van der Waals surface area contributed by atoms with Gasteiger partial charge in [0.1, 0.15) is 0 Å². The Bertz CT molecular complexity index is 393. The number of piperidine rings is 1. The molecule has 2 N–H and O–H groups in total. The number of aliphatic hydroxyl groups excluding tert-OH is 1. The van der Waals surface area contributed by atoms with Gasteiger partial charge in [0.05, 0.1) is 11.7 Å². The van der Waals surface area contributed by atoms with Crippen LogP contribution in [-0.2, 0) is 0 Å². The molecular formula is C15H23NO2. The molecule has 1 atom stereocenters. The van der Waals surface area contributed by atoms with Crippen LogP contribution >= 0.6 is 0 Å². The summed E-state index contributed by atoms with van der Waals surface area (Å²) < 4.78 is 0. The van der Waals surface area contributed by atoms with Crippen LogP contribution in [0.5, 0.6) is 0 Å². The van der Waals surface area contributed by atoms with E-state index in [1.54, 1.807) is 0 Å². The highest BCUT2D eigenvalue weighted by Gasteiger charge is 2.28. The monoisotopic (exact) mass is 249 g/mol. The van der Waals surface area contributed by atoms with Gasteiger partial charge in [0.2, 0.25) is 0 Å². The maximum absolute atomic E-state index is 10.1. The summed E-state index contributed by atoms with van der Waals surface area (Å²) in [5.41, 5.74) is 1.58. The van der Waals surface area contributed by atoms with Crippen molar-refractivity contribution in [2.24, 2.45) is 0 Å². The first kappa shape index (κ1) is 13.4. The van der Waals surface area contributed by atoms with E-state index < -0.39 is 11.7 Å². The molecule has 100 valence electrons. The van der Waals surface area contributed by atoms with Crippen molar-refractivity contribution in [3.63, 3.8) is 0 Å². The number of hydrogen-bond donors (Lipinski definition) is 2. The molecule has 0 amide bonds. The van der Waals surface area contributed by atoms with Crippen LogP contribution < -0.4 is 4.90 Å². The molecule has 0 spiro atoms. The Kier molecular flexibility index (Phi) is 3.93.